The number of allylic oxidation sites excluding steroid dienone is 1. The number of rotatable bonds is 18. The van der Waals surface area contributed by atoms with Crippen molar-refractivity contribution in [2.75, 3.05) is 6.61 Å². The molecule has 6 nitrogen and oxygen atoms in total. The van der Waals surface area contributed by atoms with Crippen molar-refractivity contribution in [1.29, 1.82) is 0 Å². The van der Waals surface area contributed by atoms with Crippen molar-refractivity contribution in [2.45, 2.75) is 84.5 Å². The normalized spacial score (nSPS) is 11.4. The average molecular weight is 320 g/mol. The van der Waals surface area contributed by atoms with Crippen molar-refractivity contribution >= 4 is 0 Å². The van der Waals surface area contributed by atoms with Gasteiger partial charge in [0, 0.05) is 10.1 Å². The Labute approximate surface area is 134 Å². The van der Waals surface area contributed by atoms with Gasteiger partial charge in [0.05, 0.1) is 6.61 Å². The van der Waals surface area contributed by atoms with Crippen LogP contribution in [-0.4, -0.2) is 6.61 Å². The van der Waals surface area contributed by atoms with Gasteiger partial charge < -0.3 is 4.89 Å². The van der Waals surface area contributed by atoms with Crippen LogP contribution in [0.25, 0.3) is 0 Å². The smallest absolute Gasteiger partial charge is 0.128 e. The first-order chi connectivity index (χ1) is 10.9. The summed E-state index contributed by atoms with van der Waals surface area (Å²) in [7, 11) is 0. The highest BCUT2D eigenvalue weighted by atomic mass is 17.8. The summed E-state index contributed by atoms with van der Waals surface area (Å²) in [6, 6.07) is 0. The first-order valence-electron chi connectivity index (χ1n) is 8.48. The Hall–Kier alpha value is -0.660. The van der Waals surface area contributed by atoms with E-state index in [9.17, 15) is 0 Å². The third-order valence-electron chi connectivity index (χ3n) is 3.19. The molecule has 0 aliphatic carbocycles. The standard InChI is InChI=1S/C16H32O6/c1-3-5-6-7-8-9-10-11-12-13-14-16-18-20-22-21-19-17-15-4-2/h4,15H,3,5-14,16H2,1-2H3. The summed E-state index contributed by atoms with van der Waals surface area (Å²) < 4.78 is 0. The molecule has 0 aliphatic heterocycles. The van der Waals surface area contributed by atoms with E-state index < -0.39 is 0 Å². The minimum absolute atomic E-state index is 0.454. The molecule has 0 saturated carbocycles. The Morgan fingerprint density at radius 3 is 1.77 bits per heavy atom. The molecule has 0 saturated heterocycles. The minimum Gasteiger partial charge on any atom is -0.314 e. The zero-order valence-electron chi connectivity index (χ0n) is 14.1. The van der Waals surface area contributed by atoms with Crippen molar-refractivity contribution in [3.8, 4) is 0 Å². The molecule has 6 heteroatoms. The predicted molar refractivity (Wildman–Crippen MR) is 82.7 cm³/mol. The van der Waals surface area contributed by atoms with Gasteiger partial charge in [0.15, 0.2) is 0 Å². The van der Waals surface area contributed by atoms with E-state index in [1.165, 1.54) is 64.0 Å². The molecule has 0 heterocycles. The molecule has 132 valence electrons. The van der Waals surface area contributed by atoms with Gasteiger partial charge in [0.25, 0.3) is 0 Å². The molecule has 0 aromatic rings. The van der Waals surface area contributed by atoms with Crippen LogP contribution in [0.5, 0.6) is 0 Å². The summed E-state index contributed by atoms with van der Waals surface area (Å²) in [5.41, 5.74) is 0. The number of hydrogen-bond donors (Lipinski definition) is 0. The summed E-state index contributed by atoms with van der Waals surface area (Å²) >= 11 is 0. The van der Waals surface area contributed by atoms with E-state index in [-0.39, 0.29) is 0 Å². The molecule has 22 heavy (non-hydrogen) atoms. The third kappa shape index (κ3) is 19.3. The molecule has 0 fully saturated rings. The molecular formula is C16H32O6. The summed E-state index contributed by atoms with van der Waals surface area (Å²) in [6.07, 6.45) is 17.0. The molecule has 0 aromatic heterocycles. The van der Waals surface area contributed by atoms with E-state index in [0.29, 0.717) is 6.61 Å². The highest BCUT2D eigenvalue weighted by molar-refractivity contribution is 4.62. The Kier molecular flexibility index (Phi) is 19.7. The summed E-state index contributed by atoms with van der Waals surface area (Å²) in [5, 5.41) is 16.4. The lowest BCUT2D eigenvalue weighted by molar-refractivity contribution is -0.751. The quantitative estimate of drug-likeness (QED) is 0.144. The highest BCUT2D eigenvalue weighted by Crippen LogP contribution is 2.11. The molecule has 0 amide bonds. The van der Waals surface area contributed by atoms with Crippen LogP contribution in [0, 0.1) is 0 Å². The van der Waals surface area contributed by atoms with Gasteiger partial charge in [-0.2, -0.15) is 0 Å². The van der Waals surface area contributed by atoms with Crippen molar-refractivity contribution < 1.29 is 29.9 Å². The molecule has 0 atom stereocenters. The van der Waals surface area contributed by atoms with Crippen LogP contribution in [0.4, 0.5) is 0 Å². The molecular weight excluding hydrogens is 288 g/mol. The van der Waals surface area contributed by atoms with Crippen LogP contribution >= 0.6 is 0 Å². The van der Waals surface area contributed by atoms with E-state index in [4.69, 9.17) is 4.89 Å². The molecule has 0 bridgehead atoms. The first kappa shape index (κ1) is 21.3. The van der Waals surface area contributed by atoms with Gasteiger partial charge in [-0.05, 0) is 29.5 Å². The van der Waals surface area contributed by atoms with Gasteiger partial charge in [-0.15, -0.1) is 0 Å². The van der Waals surface area contributed by atoms with Crippen LogP contribution in [0.2, 0.25) is 0 Å². The Bertz CT molecular complexity index is 223. The van der Waals surface area contributed by atoms with E-state index in [1.54, 1.807) is 13.0 Å². The van der Waals surface area contributed by atoms with Gasteiger partial charge in [-0.1, -0.05) is 71.1 Å². The maximum Gasteiger partial charge on any atom is 0.128 e. The van der Waals surface area contributed by atoms with E-state index in [2.05, 4.69) is 32.0 Å². The van der Waals surface area contributed by atoms with Crippen LogP contribution < -0.4 is 0 Å². The maximum atomic E-state index is 4.72. The van der Waals surface area contributed by atoms with Gasteiger partial charge in [-0.25, -0.2) is 4.89 Å². The topological polar surface area (TPSA) is 55.4 Å². The fourth-order valence-corrected chi connectivity index (χ4v) is 2.00. The first-order valence-corrected chi connectivity index (χ1v) is 8.48. The molecule has 0 rings (SSSR count). The fourth-order valence-electron chi connectivity index (χ4n) is 2.00. The number of hydrogen-bond acceptors (Lipinski definition) is 6. The summed E-state index contributed by atoms with van der Waals surface area (Å²) in [6.45, 7) is 4.47. The van der Waals surface area contributed by atoms with Crippen molar-refractivity contribution in [1.82, 2.24) is 0 Å². The zero-order chi connectivity index (χ0) is 16.1. The molecule has 0 N–H and O–H groups in total. The molecule has 0 spiro atoms. The summed E-state index contributed by atoms with van der Waals surface area (Å²) in [5.74, 6) is 0. The third-order valence-corrected chi connectivity index (χ3v) is 3.19. The fraction of sp³-hybridized carbons (Fsp3) is 0.875. The Balaban J connectivity index is 2.94. The van der Waals surface area contributed by atoms with E-state index in [1.807, 2.05) is 0 Å². The van der Waals surface area contributed by atoms with Gasteiger partial charge in [0.2, 0.25) is 0 Å². The van der Waals surface area contributed by atoms with Crippen molar-refractivity contribution in [3.63, 3.8) is 0 Å². The summed E-state index contributed by atoms with van der Waals surface area (Å²) in [4.78, 5) is 9.06. The molecule has 0 radical (unpaired) electrons. The predicted octanol–water partition coefficient (Wildman–Crippen LogP) is 5.51. The van der Waals surface area contributed by atoms with Gasteiger partial charge >= 0.3 is 0 Å². The van der Waals surface area contributed by atoms with E-state index in [0.717, 1.165) is 12.8 Å². The molecule has 0 aliphatic rings. The Morgan fingerprint density at radius 1 is 0.636 bits per heavy atom. The molecule has 0 unspecified atom stereocenters. The van der Waals surface area contributed by atoms with Crippen molar-refractivity contribution in [3.05, 3.63) is 12.3 Å². The highest BCUT2D eigenvalue weighted by Gasteiger charge is 1.95. The lowest BCUT2D eigenvalue weighted by Gasteiger charge is -2.03. The maximum absolute atomic E-state index is 4.72. The van der Waals surface area contributed by atoms with E-state index >= 15 is 0 Å². The largest absolute Gasteiger partial charge is 0.314 e. The molecule has 0 aromatic carbocycles. The second kappa shape index (κ2) is 20.3. The lowest BCUT2D eigenvalue weighted by Crippen LogP contribution is -2.00. The second-order valence-corrected chi connectivity index (χ2v) is 5.20. The SMILES string of the molecule is CC=COOOOOOCCCCCCCCCCCCC. The monoisotopic (exact) mass is 320 g/mol. The second-order valence-electron chi connectivity index (χ2n) is 5.20. The van der Waals surface area contributed by atoms with Crippen LogP contribution in [0.3, 0.4) is 0 Å². The van der Waals surface area contributed by atoms with Crippen LogP contribution in [0.15, 0.2) is 12.3 Å². The number of unbranched alkanes of at least 4 members (excludes halogenated alkanes) is 10. The Morgan fingerprint density at radius 2 is 1.18 bits per heavy atom. The average Bonchev–Trinajstić information content (AvgIpc) is 2.54. The van der Waals surface area contributed by atoms with Crippen molar-refractivity contribution in [2.24, 2.45) is 0 Å². The van der Waals surface area contributed by atoms with Crippen LogP contribution in [-0.2, 0) is 29.9 Å². The van der Waals surface area contributed by atoms with Gasteiger partial charge in [-0.3, -0.25) is 0 Å². The lowest BCUT2D eigenvalue weighted by atomic mass is 10.1. The van der Waals surface area contributed by atoms with Gasteiger partial charge in [0.1, 0.15) is 6.26 Å². The zero-order valence-corrected chi connectivity index (χ0v) is 14.1. The minimum atomic E-state index is 0.454. The van der Waals surface area contributed by atoms with Crippen LogP contribution in [0.1, 0.15) is 84.5 Å².